The fraction of sp³-hybridized carbons (Fsp3) is 0.294. The van der Waals surface area contributed by atoms with Crippen LogP contribution in [-0.2, 0) is 23.0 Å². The maximum atomic E-state index is 10.9. The van der Waals surface area contributed by atoms with Gasteiger partial charge in [0.25, 0.3) is 0 Å². The van der Waals surface area contributed by atoms with Crippen LogP contribution in [0, 0.1) is 0 Å². The van der Waals surface area contributed by atoms with Crippen molar-refractivity contribution < 1.29 is 27.2 Å². The molecule has 0 saturated heterocycles. The van der Waals surface area contributed by atoms with Crippen molar-refractivity contribution in [2.45, 2.75) is 17.7 Å². The molecule has 0 unspecified atom stereocenters. The molecule has 0 fully saturated rings. The van der Waals surface area contributed by atoms with Crippen molar-refractivity contribution in [2.75, 3.05) is 21.3 Å². The standard InChI is InChI=1S/C17H20O6S/c1-21-15-11-17(23-3)16(22-2)10-13(15)7-4-12-5-8-14(9-6-12)24(18,19)20/h5-6,8-11H,4,7H2,1-3H3,(H,18,19,20)/p-1. The zero-order valence-electron chi connectivity index (χ0n) is 13.7. The van der Waals surface area contributed by atoms with E-state index in [0.29, 0.717) is 30.1 Å². The quantitative estimate of drug-likeness (QED) is 0.712. The van der Waals surface area contributed by atoms with Crippen LogP contribution < -0.4 is 14.2 Å². The van der Waals surface area contributed by atoms with Crippen molar-refractivity contribution in [1.82, 2.24) is 0 Å². The van der Waals surface area contributed by atoms with Gasteiger partial charge >= 0.3 is 0 Å². The molecule has 130 valence electrons. The summed E-state index contributed by atoms with van der Waals surface area (Å²) >= 11 is 0. The van der Waals surface area contributed by atoms with E-state index in [1.54, 1.807) is 39.5 Å². The molecule has 0 N–H and O–H groups in total. The summed E-state index contributed by atoms with van der Waals surface area (Å²) in [5, 5.41) is 0. The lowest BCUT2D eigenvalue weighted by Crippen LogP contribution is -2.00. The first-order chi connectivity index (χ1) is 11.4. The number of benzene rings is 2. The molecule has 0 amide bonds. The van der Waals surface area contributed by atoms with Crippen molar-refractivity contribution in [3.8, 4) is 17.2 Å². The fourth-order valence-corrected chi connectivity index (χ4v) is 2.86. The lowest BCUT2D eigenvalue weighted by molar-refractivity contribution is 0.347. The molecule has 0 heterocycles. The maximum absolute atomic E-state index is 10.9. The molecule has 0 spiro atoms. The summed E-state index contributed by atoms with van der Waals surface area (Å²) < 4.78 is 48.8. The molecule has 0 aliphatic heterocycles. The van der Waals surface area contributed by atoms with Crippen LogP contribution in [0.4, 0.5) is 0 Å². The van der Waals surface area contributed by atoms with E-state index in [0.717, 1.165) is 11.1 Å². The van der Waals surface area contributed by atoms with E-state index in [1.807, 2.05) is 6.07 Å². The summed E-state index contributed by atoms with van der Waals surface area (Å²) in [4.78, 5) is -0.227. The molecular formula is C17H19O6S-. The smallest absolute Gasteiger partial charge is 0.164 e. The summed E-state index contributed by atoms with van der Waals surface area (Å²) in [6, 6.07) is 9.54. The molecule has 0 aliphatic rings. The first-order valence-corrected chi connectivity index (χ1v) is 8.63. The highest BCUT2D eigenvalue weighted by Gasteiger charge is 2.12. The van der Waals surface area contributed by atoms with E-state index in [4.69, 9.17) is 14.2 Å². The minimum Gasteiger partial charge on any atom is -0.744 e. The van der Waals surface area contributed by atoms with Crippen molar-refractivity contribution >= 4 is 10.1 Å². The van der Waals surface area contributed by atoms with Gasteiger partial charge in [-0.1, -0.05) is 12.1 Å². The Bertz CT molecular complexity index is 797. The molecule has 2 rings (SSSR count). The Kier molecular flexibility index (Phi) is 5.69. The Morgan fingerprint density at radius 1 is 0.833 bits per heavy atom. The average molecular weight is 351 g/mol. The van der Waals surface area contributed by atoms with Crippen molar-refractivity contribution in [2.24, 2.45) is 0 Å². The van der Waals surface area contributed by atoms with Crippen LogP contribution in [0.3, 0.4) is 0 Å². The third kappa shape index (κ3) is 4.18. The van der Waals surface area contributed by atoms with Crippen molar-refractivity contribution in [1.29, 1.82) is 0 Å². The normalized spacial score (nSPS) is 11.2. The number of ether oxygens (including phenoxy) is 3. The molecule has 0 atom stereocenters. The topological polar surface area (TPSA) is 84.9 Å². The molecule has 0 aromatic heterocycles. The second-order valence-electron chi connectivity index (χ2n) is 5.12. The van der Waals surface area contributed by atoms with Crippen LogP contribution in [0.1, 0.15) is 11.1 Å². The van der Waals surface area contributed by atoms with Gasteiger partial charge in [-0.05, 0) is 42.2 Å². The number of hydrogen-bond acceptors (Lipinski definition) is 6. The molecule has 0 bridgehead atoms. The molecule has 6 nitrogen and oxygen atoms in total. The highest BCUT2D eigenvalue weighted by atomic mass is 32.2. The number of rotatable bonds is 7. The lowest BCUT2D eigenvalue weighted by Gasteiger charge is -2.14. The molecule has 0 saturated carbocycles. The van der Waals surface area contributed by atoms with Gasteiger partial charge in [0.05, 0.1) is 26.2 Å². The molecule has 7 heteroatoms. The minimum absolute atomic E-state index is 0.227. The highest BCUT2D eigenvalue weighted by molar-refractivity contribution is 7.85. The summed E-state index contributed by atoms with van der Waals surface area (Å²) in [5.41, 5.74) is 1.86. The first kappa shape index (κ1) is 18.1. The van der Waals surface area contributed by atoms with Crippen LogP contribution in [0.25, 0.3) is 0 Å². The third-order valence-electron chi connectivity index (χ3n) is 3.68. The monoisotopic (exact) mass is 351 g/mol. The highest BCUT2D eigenvalue weighted by Crippen LogP contribution is 2.35. The van der Waals surface area contributed by atoms with Gasteiger partial charge < -0.3 is 18.8 Å². The van der Waals surface area contributed by atoms with E-state index >= 15 is 0 Å². The summed E-state index contributed by atoms with van der Waals surface area (Å²) in [6.45, 7) is 0. The summed E-state index contributed by atoms with van der Waals surface area (Å²) in [5.74, 6) is 1.88. The Morgan fingerprint density at radius 2 is 1.38 bits per heavy atom. The zero-order valence-corrected chi connectivity index (χ0v) is 14.6. The van der Waals surface area contributed by atoms with Gasteiger partial charge in [-0.15, -0.1) is 0 Å². The van der Waals surface area contributed by atoms with Crippen molar-refractivity contribution in [3.05, 3.63) is 47.5 Å². The van der Waals surface area contributed by atoms with Gasteiger partial charge in [-0.25, -0.2) is 8.42 Å². The lowest BCUT2D eigenvalue weighted by atomic mass is 10.0. The molecular weight excluding hydrogens is 332 g/mol. The van der Waals surface area contributed by atoms with Crippen molar-refractivity contribution in [3.63, 3.8) is 0 Å². The molecule has 0 radical (unpaired) electrons. The van der Waals surface area contributed by atoms with Gasteiger partial charge in [-0.3, -0.25) is 0 Å². The molecule has 2 aromatic carbocycles. The average Bonchev–Trinajstić information content (AvgIpc) is 2.58. The Hall–Kier alpha value is -2.25. The summed E-state index contributed by atoms with van der Waals surface area (Å²) in [7, 11) is 0.291. The number of hydrogen-bond donors (Lipinski definition) is 0. The van der Waals surface area contributed by atoms with Crippen LogP contribution in [0.2, 0.25) is 0 Å². The Labute approximate surface area is 141 Å². The van der Waals surface area contributed by atoms with E-state index in [-0.39, 0.29) is 4.90 Å². The van der Waals surface area contributed by atoms with Gasteiger partial charge in [-0.2, -0.15) is 0 Å². The zero-order chi connectivity index (χ0) is 17.7. The minimum atomic E-state index is -4.41. The number of aryl methyl sites for hydroxylation is 2. The second-order valence-corrected chi connectivity index (χ2v) is 6.50. The predicted molar refractivity (Wildman–Crippen MR) is 87.9 cm³/mol. The van der Waals surface area contributed by atoms with Gasteiger partial charge in [0.2, 0.25) is 0 Å². The maximum Gasteiger partial charge on any atom is 0.164 e. The van der Waals surface area contributed by atoms with Crippen LogP contribution >= 0.6 is 0 Å². The Balaban J connectivity index is 2.19. The van der Waals surface area contributed by atoms with Crippen LogP contribution in [0.15, 0.2) is 41.3 Å². The van der Waals surface area contributed by atoms with E-state index < -0.39 is 10.1 Å². The van der Waals surface area contributed by atoms with E-state index in [2.05, 4.69) is 0 Å². The first-order valence-electron chi connectivity index (χ1n) is 7.22. The predicted octanol–water partition coefficient (Wildman–Crippen LogP) is 2.40. The molecule has 0 aliphatic carbocycles. The molecule has 2 aromatic rings. The fourth-order valence-electron chi connectivity index (χ4n) is 2.39. The molecule has 24 heavy (non-hydrogen) atoms. The SMILES string of the molecule is COc1cc(OC)c(OC)cc1CCc1ccc(S(=O)(=O)[O-])cc1. The van der Waals surface area contributed by atoms with E-state index in [9.17, 15) is 13.0 Å². The summed E-state index contributed by atoms with van der Waals surface area (Å²) in [6.07, 6.45) is 1.32. The van der Waals surface area contributed by atoms with Gasteiger partial charge in [0.1, 0.15) is 15.9 Å². The van der Waals surface area contributed by atoms with Gasteiger partial charge in [0, 0.05) is 6.07 Å². The van der Waals surface area contributed by atoms with Crippen LogP contribution in [-0.4, -0.2) is 34.3 Å². The van der Waals surface area contributed by atoms with E-state index in [1.165, 1.54) is 12.1 Å². The Morgan fingerprint density at radius 3 is 1.88 bits per heavy atom. The second kappa shape index (κ2) is 7.55. The van der Waals surface area contributed by atoms with Gasteiger partial charge in [0.15, 0.2) is 11.5 Å². The number of methoxy groups -OCH3 is 3. The third-order valence-corrected chi connectivity index (χ3v) is 4.53. The van der Waals surface area contributed by atoms with Crippen LogP contribution in [0.5, 0.6) is 17.2 Å². The largest absolute Gasteiger partial charge is 0.744 e.